The van der Waals surface area contributed by atoms with Crippen LogP contribution in [0.1, 0.15) is 16.1 Å². The van der Waals surface area contributed by atoms with E-state index in [0.717, 1.165) is 17.1 Å². The van der Waals surface area contributed by atoms with Crippen LogP contribution >= 0.6 is 11.6 Å². The van der Waals surface area contributed by atoms with E-state index in [1.54, 1.807) is 30.7 Å². The van der Waals surface area contributed by atoms with Crippen molar-refractivity contribution in [3.63, 3.8) is 0 Å². The van der Waals surface area contributed by atoms with Gasteiger partial charge in [-0.05, 0) is 42.8 Å². The standard InChI is InChI=1S/C14H12ClNO3/c1-9-7-13(17)12(14(15)18)8-16(9)10-3-5-11(19-2)6-4-10/h3-8H,1-2H3. The van der Waals surface area contributed by atoms with Crippen molar-refractivity contribution in [2.75, 3.05) is 7.11 Å². The Morgan fingerprint density at radius 1 is 1.26 bits per heavy atom. The number of carbonyl (C=O) groups is 1. The molecule has 1 aromatic heterocycles. The molecule has 19 heavy (non-hydrogen) atoms. The van der Waals surface area contributed by atoms with Crippen molar-refractivity contribution in [2.45, 2.75) is 6.92 Å². The van der Waals surface area contributed by atoms with Gasteiger partial charge >= 0.3 is 0 Å². The molecule has 1 heterocycles. The Morgan fingerprint density at radius 3 is 2.42 bits per heavy atom. The molecule has 98 valence electrons. The highest BCUT2D eigenvalue weighted by atomic mass is 35.5. The lowest BCUT2D eigenvalue weighted by molar-refractivity contribution is 0.108. The molecule has 0 amide bonds. The van der Waals surface area contributed by atoms with Gasteiger partial charge in [0.05, 0.1) is 12.7 Å². The molecule has 0 saturated heterocycles. The van der Waals surface area contributed by atoms with Crippen LogP contribution in [-0.4, -0.2) is 16.9 Å². The van der Waals surface area contributed by atoms with E-state index < -0.39 is 5.24 Å². The third-order valence-electron chi connectivity index (χ3n) is 2.81. The Labute approximate surface area is 115 Å². The van der Waals surface area contributed by atoms with Crippen LogP contribution in [0.5, 0.6) is 5.75 Å². The first-order valence-electron chi connectivity index (χ1n) is 5.60. The summed E-state index contributed by atoms with van der Waals surface area (Å²) in [7, 11) is 1.59. The fraction of sp³-hybridized carbons (Fsp3) is 0.143. The highest BCUT2D eigenvalue weighted by Crippen LogP contribution is 2.16. The first-order valence-corrected chi connectivity index (χ1v) is 5.98. The molecule has 0 aliphatic carbocycles. The van der Waals surface area contributed by atoms with Crippen molar-refractivity contribution >= 4 is 16.8 Å². The molecule has 0 aliphatic rings. The summed E-state index contributed by atoms with van der Waals surface area (Å²) >= 11 is 5.40. The number of hydrogen-bond donors (Lipinski definition) is 0. The fourth-order valence-electron chi connectivity index (χ4n) is 1.80. The molecule has 0 saturated carbocycles. The predicted octanol–water partition coefficient (Wildman–Crippen LogP) is 2.53. The van der Waals surface area contributed by atoms with E-state index in [1.807, 2.05) is 12.1 Å². The second-order valence-corrected chi connectivity index (χ2v) is 4.38. The lowest BCUT2D eigenvalue weighted by Crippen LogP contribution is -2.16. The third kappa shape index (κ3) is 2.69. The van der Waals surface area contributed by atoms with Crippen LogP contribution in [0.3, 0.4) is 0 Å². The van der Waals surface area contributed by atoms with E-state index >= 15 is 0 Å². The van der Waals surface area contributed by atoms with Gasteiger partial charge in [-0.3, -0.25) is 9.59 Å². The van der Waals surface area contributed by atoms with Crippen molar-refractivity contribution in [1.29, 1.82) is 0 Å². The number of aryl methyl sites for hydroxylation is 1. The van der Waals surface area contributed by atoms with Crippen LogP contribution in [0.2, 0.25) is 0 Å². The van der Waals surface area contributed by atoms with Crippen molar-refractivity contribution in [3.05, 3.63) is 58.0 Å². The summed E-state index contributed by atoms with van der Waals surface area (Å²) < 4.78 is 6.81. The lowest BCUT2D eigenvalue weighted by atomic mass is 10.2. The van der Waals surface area contributed by atoms with Crippen molar-refractivity contribution in [1.82, 2.24) is 4.57 Å². The van der Waals surface area contributed by atoms with Crippen LogP contribution in [-0.2, 0) is 0 Å². The van der Waals surface area contributed by atoms with Gasteiger partial charge in [0.1, 0.15) is 5.75 Å². The van der Waals surface area contributed by atoms with Crippen LogP contribution < -0.4 is 10.2 Å². The molecule has 5 heteroatoms. The van der Waals surface area contributed by atoms with Crippen LogP contribution in [0.15, 0.2) is 41.3 Å². The number of hydrogen-bond acceptors (Lipinski definition) is 3. The number of methoxy groups -OCH3 is 1. The Bertz CT molecular complexity index is 674. The van der Waals surface area contributed by atoms with Gasteiger partial charge in [0.2, 0.25) is 0 Å². The molecule has 1 aromatic carbocycles. The summed E-state index contributed by atoms with van der Waals surface area (Å²) in [5, 5.41) is -0.757. The van der Waals surface area contributed by atoms with Crippen molar-refractivity contribution in [2.24, 2.45) is 0 Å². The van der Waals surface area contributed by atoms with Gasteiger partial charge in [-0.25, -0.2) is 0 Å². The first kappa shape index (κ1) is 13.4. The number of benzene rings is 1. The summed E-state index contributed by atoms with van der Waals surface area (Å²) in [6.07, 6.45) is 1.45. The average Bonchev–Trinajstić information content (AvgIpc) is 2.38. The largest absolute Gasteiger partial charge is 0.497 e. The summed E-state index contributed by atoms with van der Waals surface area (Å²) in [6.45, 7) is 1.79. The smallest absolute Gasteiger partial charge is 0.257 e. The third-order valence-corrected chi connectivity index (χ3v) is 3.01. The molecule has 2 aromatic rings. The molecule has 2 rings (SSSR count). The van der Waals surface area contributed by atoms with Crippen LogP contribution in [0.4, 0.5) is 0 Å². The first-order chi connectivity index (χ1) is 9.02. The molecule has 0 spiro atoms. The topological polar surface area (TPSA) is 48.3 Å². The number of nitrogens with zero attached hydrogens (tertiary/aromatic N) is 1. The SMILES string of the molecule is COc1ccc(-n2cc(C(=O)Cl)c(=O)cc2C)cc1. The van der Waals surface area contributed by atoms with Gasteiger partial charge < -0.3 is 9.30 Å². The number of carbonyl (C=O) groups excluding carboxylic acids is 1. The molecule has 0 aliphatic heterocycles. The highest BCUT2D eigenvalue weighted by molar-refractivity contribution is 6.67. The van der Waals surface area contributed by atoms with Gasteiger partial charge in [0, 0.05) is 23.6 Å². The Balaban J connectivity index is 2.57. The fourth-order valence-corrected chi connectivity index (χ4v) is 1.94. The van der Waals surface area contributed by atoms with E-state index in [1.165, 1.54) is 12.3 Å². The normalized spacial score (nSPS) is 10.3. The quantitative estimate of drug-likeness (QED) is 0.810. The maximum atomic E-state index is 11.6. The maximum absolute atomic E-state index is 11.6. The van der Waals surface area contributed by atoms with Crippen molar-refractivity contribution in [3.8, 4) is 11.4 Å². The van der Waals surface area contributed by atoms with Gasteiger partial charge in [0.25, 0.3) is 5.24 Å². The lowest BCUT2D eigenvalue weighted by Gasteiger charge is -2.12. The van der Waals surface area contributed by atoms with Crippen LogP contribution in [0.25, 0.3) is 5.69 Å². The molecule has 0 N–H and O–H groups in total. The second-order valence-electron chi connectivity index (χ2n) is 4.03. The summed E-state index contributed by atoms with van der Waals surface area (Å²) in [5.41, 5.74) is 1.12. The number of pyridine rings is 1. The molecule has 0 radical (unpaired) electrons. The number of ether oxygens (including phenoxy) is 1. The van der Waals surface area contributed by atoms with E-state index in [-0.39, 0.29) is 11.0 Å². The molecule has 0 unspecified atom stereocenters. The highest BCUT2D eigenvalue weighted by Gasteiger charge is 2.10. The second kappa shape index (κ2) is 5.28. The van der Waals surface area contributed by atoms with Gasteiger partial charge in [-0.15, -0.1) is 0 Å². The zero-order chi connectivity index (χ0) is 14.0. The van der Waals surface area contributed by atoms with E-state index in [0.29, 0.717) is 0 Å². The van der Waals surface area contributed by atoms with Gasteiger partial charge in [-0.2, -0.15) is 0 Å². The zero-order valence-corrected chi connectivity index (χ0v) is 11.3. The predicted molar refractivity (Wildman–Crippen MR) is 73.5 cm³/mol. The Morgan fingerprint density at radius 2 is 1.89 bits per heavy atom. The summed E-state index contributed by atoms with van der Waals surface area (Å²) in [4.78, 5) is 22.8. The molecule has 0 atom stereocenters. The Kier molecular flexibility index (Phi) is 3.71. The molecule has 4 nitrogen and oxygen atoms in total. The summed E-state index contributed by atoms with van der Waals surface area (Å²) in [5.74, 6) is 0.732. The number of aromatic nitrogens is 1. The average molecular weight is 278 g/mol. The van der Waals surface area contributed by atoms with Gasteiger partial charge in [-0.1, -0.05) is 0 Å². The number of rotatable bonds is 3. The molecular weight excluding hydrogens is 266 g/mol. The van der Waals surface area contributed by atoms with Crippen LogP contribution in [0, 0.1) is 6.92 Å². The minimum atomic E-state index is -0.757. The van der Waals surface area contributed by atoms with Crippen molar-refractivity contribution < 1.29 is 9.53 Å². The zero-order valence-electron chi connectivity index (χ0n) is 10.5. The minimum absolute atomic E-state index is 0.0388. The Hall–Kier alpha value is -2.07. The van der Waals surface area contributed by atoms with E-state index in [9.17, 15) is 9.59 Å². The van der Waals surface area contributed by atoms with Gasteiger partial charge in [0.15, 0.2) is 5.43 Å². The molecule has 0 bridgehead atoms. The molecular formula is C14H12ClNO3. The number of halogens is 1. The maximum Gasteiger partial charge on any atom is 0.257 e. The van der Waals surface area contributed by atoms with E-state index in [2.05, 4.69) is 0 Å². The minimum Gasteiger partial charge on any atom is -0.497 e. The van der Waals surface area contributed by atoms with E-state index in [4.69, 9.17) is 16.3 Å². The molecule has 0 fully saturated rings. The summed E-state index contributed by atoms with van der Waals surface area (Å²) in [6, 6.07) is 8.65. The monoisotopic (exact) mass is 277 g/mol.